The van der Waals surface area contributed by atoms with Crippen LogP contribution in [0.5, 0.6) is 5.75 Å². The largest absolute Gasteiger partial charge is 0.489 e. The third-order valence-corrected chi connectivity index (χ3v) is 7.09. The predicted octanol–water partition coefficient (Wildman–Crippen LogP) is 4.48. The van der Waals surface area contributed by atoms with Crippen molar-refractivity contribution in [3.05, 3.63) is 28.8 Å². The summed E-state index contributed by atoms with van der Waals surface area (Å²) in [5.41, 5.74) is 0.526. The number of amides is 1. The topological polar surface area (TPSA) is 50.8 Å². The molecule has 0 unspecified atom stereocenters. The highest BCUT2D eigenvalue weighted by Crippen LogP contribution is 2.31. The summed E-state index contributed by atoms with van der Waals surface area (Å²) in [5.74, 6) is 0.487. The molecule has 1 amide bonds. The van der Waals surface area contributed by atoms with Gasteiger partial charge in [-0.15, -0.1) is 0 Å². The van der Waals surface area contributed by atoms with E-state index in [2.05, 4.69) is 37.2 Å². The summed E-state index contributed by atoms with van der Waals surface area (Å²) < 4.78 is 11.4. The highest BCUT2D eigenvalue weighted by Gasteiger charge is 2.28. The molecule has 0 aliphatic carbocycles. The molecule has 1 heterocycles. The van der Waals surface area contributed by atoms with Crippen LogP contribution in [0.15, 0.2) is 18.2 Å². The van der Waals surface area contributed by atoms with Crippen LogP contribution in [0.3, 0.4) is 0 Å². The van der Waals surface area contributed by atoms with Gasteiger partial charge in [-0.3, -0.25) is 4.79 Å². The van der Waals surface area contributed by atoms with Crippen LogP contribution in [-0.2, 0) is 4.74 Å². The second-order valence-electron chi connectivity index (χ2n) is 8.26. The van der Waals surface area contributed by atoms with Crippen molar-refractivity contribution >= 4 is 29.3 Å². The van der Waals surface area contributed by atoms with E-state index in [4.69, 9.17) is 21.1 Å². The number of rotatable bonds is 10. The lowest BCUT2D eigenvalue weighted by atomic mass is 9.99. The smallest absolute Gasteiger partial charge is 0.251 e. The second-order valence-corrected chi connectivity index (χ2v) is 10.2. The molecule has 1 N–H and O–H groups in total. The molecule has 1 aliphatic rings. The molecule has 1 atom stereocenters. The van der Waals surface area contributed by atoms with E-state index < -0.39 is 0 Å². The average Bonchev–Trinajstić information content (AvgIpc) is 2.69. The van der Waals surface area contributed by atoms with Crippen LogP contribution < -0.4 is 10.1 Å². The van der Waals surface area contributed by atoms with E-state index >= 15 is 0 Å². The summed E-state index contributed by atoms with van der Waals surface area (Å²) in [6.07, 6.45) is 5.50. The lowest BCUT2D eigenvalue weighted by molar-refractivity contribution is 0.0754. The number of benzene rings is 1. The van der Waals surface area contributed by atoms with Crippen LogP contribution in [0.25, 0.3) is 0 Å². The van der Waals surface area contributed by atoms with E-state index in [1.54, 1.807) is 25.3 Å². The van der Waals surface area contributed by atoms with Gasteiger partial charge in [0.2, 0.25) is 0 Å². The SMILES string of the molecule is COCCNC(=O)c1ccc(OC2CCN([C@H](C)CC(C)(C)SC)CC2)c(Cl)c1. The van der Waals surface area contributed by atoms with E-state index in [1.165, 1.54) is 6.42 Å². The minimum absolute atomic E-state index is 0.158. The normalized spacial score (nSPS) is 17.2. The minimum atomic E-state index is -0.161. The molecular formula is C22H35ClN2O3S. The number of carbonyl (C=O) groups is 1. The number of likely N-dealkylation sites (tertiary alicyclic amines) is 1. The molecular weight excluding hydrogens is 408 g/mol. The Hall–Kier alpha value is -0.950. The second kappa shape index (κ2) is 11.4. The summed E-state index contributed by atoms with van der Waals surface area (Å²) in [5, 5.41) is 3.27. The number of nitrogens with zero attached hydrogens (tertiary/aromatic N) is 1. The van der Waals surface area contributed by atoms with E-state index in [9.17, 15) is 4.79 Å². The van der Waals surface area contributed by atoms with Gasteiger partial charge >= 0.3 is 0 Å². The highest BCUT2D eigenvalue weighted by atomic mass is 35.5. The van der Waals surface area contributed by atoms with Crippen LogP contribution in [-0.4, -0.2) is 67.3 Å². The average molecular weight is 443 g/mol. The molecule has 7 heteroatoms. The lowest BCUT2D eigenvalue weighted by Gasteiger charge is -2.38. The van der Waals surface area contributed by atoms with Gasteiger partial charge in [0.05, 0.1) is 11.6 Å². The first-order chi connectivity index (χ1) is 13.8. The Bertz CT molecular complexity index is 663. The summed E-state index contributed by atoms with van der Waals surface area (Å²) in [7, 11) is 1.60. The standard InChI is InChI=1S/C22H35ClN2O3S/c1-16(15-22(2,3)29-5)25-11-8-18(9-12-25)28-20-7-6-17(14-19(20)23)21(26)24-10-13-27-4/h6-7,14,16,18H,8-13,15H2,1-5H3,(H,24,26)/t16-/m1/s1. The fraction of sp³-hybridized carbons (Fsp3) is 0.682. The van der Waals surface area contributed by atoms with E-state index in [0.717, 1.165) is 25.9 Å². The predicted molar refractivity (Wildman–Crippen MR) is 123 cm³/mol. The minimum Gasteiger partial charge on any atom is -0.489 e. The molecule has 5 nitrogen and oxygen atoms in total. The number of carbonyl (C=O) groups excluding carboxylic acids is 1. The molecule has 1 saturated heterocycles. The molecule has 1 aliphatic heterocycles. The first-order valence-corrected chi connectivity index (χ1v) is 11.9. The van der Waals surface area contributed by atoms with Crippen molar-refractivity contribution in [3.63, 3.8) is 0 Å². The fourth-order valence-electron chi connectivity index (χ4n) is 3.64. The Balaban J connectivity index is 1.85. The molecule has 1 aromatic rings. The first kappa shape index (κ1) is 24.3. The number of halogens is 1. The van der Waals surface area contributed by atoms with E-state index in [0.29, 0.717) is 40.3 Å². The van der Waals surface area contributed by atoms with Crippen LogP contribution >= 0.6 is 23.4 Å². The van der Waals surface area contributed by atoms with E-state index in [1.807, 2.05) is 11.8 Å². The zero-order valence-corrected chi connectivity index (χ0v) is 19.9. The van der Waals surface area contributed by atoms with Gasteiger partial charge in [0.1, 0.15) is 11.9 Å². The van der Waals surface area contributed by atoms with Gasteiger partial charge in [0.15, 0.2) is 0 Å². The van der Waals surface area contributed by atoms with Gasteiger partial charge in [-0.1, -0.05) is 25.4 Å². The van der Waals surface area contributed by atoms with Crippen molar-refractivity contribution in [2.45, 2.75) is 56.9 Å². The molecule has 0 aromatic heterocycles. The van der Waals surface area contributed by atoms with Crippen LogP contribution in [0, 0.1) is 0 Å². The Morgan fingerprint density at radius 3 is 2.66 bits per heavy atom. The molecule has 1 aromatic carbocycles. The number of hydrogen-bond acceptors (Lipinski definition) is 5. The maximum atomic E-state index is 12.1. The molecule has 0 bridgehead atoms. The van der Waals surface area contributed by atoms with Gasteiger partial charge in [-0.05, 0) is 50.6 Å². The lowest BCUT2D eigenvalue weighted by Crippen LogP contribution is -2.44. The number of hydrogen-bond donors (Lipinski definition) is 1. The summed E-state index contributed by atoms with van der Waals surface area (Å²) in [6.45, 7) is 9.97. The summed E-state index contributed by atoms with van der Waals surface area (Å²) >= 11 is 8.31. The van der Waals surface area contributed by atoms with Gasteiger partial charge in [-0.2, -0.15) is 11.8 Å². The number of nitrogens with one attached hydrogen (secondary N) is 1. The van der Waals surface area contributed by atoms with Crippen molar-refractivity contribution in [1.29, 1.82) is 0 Å². The molecule has 0 spiro atoms. The Kier molecular flexibility index (Phi) is 9.60. The van der Waals surface area contributed by atoms with Crippen LogP contribution in [0.1, 0.15) is 50.4 Å². The molecule has 0 saturated carbocycles. The van der Waals surface area contributed by atoms with Gasteiger partial charge in [0, 0.05) is 43.1 Å². The van der Waals surface area contributed by atoms with Crippen molar-refractivity contribution in [1.82, 2.24) is 10.2 Å². The van der Waals surface area contributed by atoms with Crippen LogP contribution in [0.4, 0.5) is 0 Å². The van der Waals surface area contributed by atoms with Gasteiger partial charge in [-0.25, -0.2) is 0 Å². The molecule has 164 valence electrons. The summed E-state index contributed by atoms with van der Waals surface area (Å²) in [6, 6.07) is 5.79. The van der Waals surface area contributed by atoms with Crippen molar-refractivity contribution < 1.29 is 14.3 Å². The van der Waals surface area contributed by atoms with Gasteiger partial charge < -0.3 is 19.7 Å². The Morgan fingerprint density at radius 2 is 2.07 bits per heavy atom. The zero-order valence-electron chi connectivity index (χ0n) is 18.3. The van der Waals surface area contributed by atoms with Gasteiger partial charge in [0.25, 0.3) is 5.91 Å². The van der Waals surface area contributed by atoms with Crippen molar-refractivity contribution in [2.24, 2.45) is 0 Å². The van der Waals surface area contributed by atoms with Crippen molar-refractivity contribution in [2.75, 3.05) is 39.6 Å². The number of thioether (sulfide) groups is 1. The third-order valence-electron chi connectivity index (χ3n) is 5.52. The molecule has 29 heavy (non-hydrogen) atoms. The maximum absolute atomic E-state index is 12.1. The summed E-state index contributed by atoms with van der Waals surface area (Å²) in [4.78, 5) is 14.7. The Morgan fingerprint density at radius 1 is 1.38 bits per heavy atom. The number of ether oxygens (including phenoxy) is 2. The Labute approximate surface area is 184 Å². The molecule has 1 fully saturated rings. The fourth-order valence-corrected chi connectivity index (χ4v) is 4.28. The third kappa shape index (κ3) is 7.67. The molecule has 2 rings (SSSR count). The first-order valence-electron chi connectivity index (χ1n) is 10.3. The van der Waals surface area contributed by atoms with E-state index in [-0.39, 0.29) is 12.0 Å². The molecule has 0 radical (unpaired) electrons. The maximum Gasteiger partial charge on any atom is 0.251 e. The van der Waals surface area contributed by atoms with Crippen LogP contribution in [0.2, 0.25) is 5.02 Å². The van der Waals surface area contributed by atoms with Crippen molar-refractivity contribution in [3.8, 4) is 5.75 Å². The number of methoxy groups -OCH3 is 1. The monoisotopic (exact) mass is 442 g/mol. The zero-order chi connectivity index (χ0) is 21.4. The highest BCUT2D eigenvalue weighted by molar-refractivity contribution is 7.99. The quantitative estimate of drug-likeness (QED) is 0.541. The number of piperidine rings is 1.